The summed E-state index contributed by atoms with van der Waals surface area (Å²) >= 11 is 0. The number of ether oxygens (including phenoxy) is 1. The lowest BCUT2D eigenvalue weighted by molar-refractivity contribution is -0.200. The van der Waals surface area contributed by atoms with Gasteiger partial charge in [0.05, 0.1) is 24.3 Å². The number of alkyl halides is 3. The summed E-state index contributed by atoms with van der Waals surface area (Å²) < 4.78 is 43.1. The fourth-order valence-electron chi connectivity index (χ4n) is 2.48. The number of aromatic amines is 1. The van der Waals surface area contributed by atoms with Crippen LogP contribution in [0.4, 0.5) is 18.9 Å². The number of anilines is 1. The predicted molar refractivity (Wildman–Crippen MR) is 74.3 cm³/mol. The van der Waals surface area contributed by atoms with Gasteiger partial charge in [-0.2, -0.15) is 13.2 Å². The van der Waals surface area contributed by atoms with E-state index in [4.69, 9.17) is 4.74 Å². The van der Waals surface area contributed by atoms with Crippen LogP contribution in [0.5, 0.6) is 5.75 Å². The standard InChI is InChI=1S/C14H13F3N2O3/c15-14(16,17)11(20)7-19-5-6-22-13-8-1-4-12(21)18-9(8)2-3-10(13)19/h1-4,11,20H,5-7H2,(H,18,21). The molecule has 0 bridgehead atoms. The van der Waals surface area contributed by atoms with Crippen LogP contribution in [0.1, 0.15) is 0 Å². The molecule has 2 aromatic rings. The molecule has 8 heteroatoms. The molecule has 0 aliphatic carbocycles. The Morgan fingerprint density at radius 1 is 1.32 bits per heavy atom. The Balaban J connectivity index is 2.00. The average molecular weight is 314 g/mol. The highest BCUT2D eigenvalue weighted by molar-refractivity contribution is 5.91. The van der Waals surface area contributed by atoms with Crippen molar-refractivity contribution < 1.29 is 23.0 Å². The van der Waals surface area contributed by atoms with Gasteiger partial charge in [0.25, 0.3) is 0 Å². The molecule has 1 unspecified atom stereocenters. The molecule has 5 nitrogen and oxygen atoms in total. The van der Waals surface area contributed by atoms with Crippen molar-refractivity contribution in [3.63, 3.8) is 0 Å². The third kappa shape index (κ3) is 2.61. The summed E-state index contributed by atoms with van der Waals surface area (Å²) in [5, 5.41) is 9.87. The number of β-amino-alcohol motifs (C(OH)–C–C–N with tert-alkyl or cyclic N) is 1. The first kappa shape index (κ1) is 14.7. The van der Waals surface area contributed by atoms with Crippen LogP contribution in [0.2, 0.25) is 0 Å². The minimum absolute atomic E-state index is 0.204. The Bertz CT molecular complexity index is 757. The number of aliphatic hydroxyl groups is 1. The molecule has 22 heavy (non-hydrogen) atoms. The number of halogens is 3. The fraction of sp³-hybridized carbons (Fsp3) is 0.357. The first-order valence-electron chi connectivity index (χ1n) is 6.65. The van der Waals surface area contributed by atoms with E-state index in [-0.39, 0.29) is 18.7 Å². The van der Waals surface area contributed by atoms with Gasteiger partial charge in [-0.25, -0.2) is 0 Å². The third-order valence-corrected chi connectivity index (χ3v) is 3.55. The maximum absolute atomic E-state index is 12.5. The maximum Gasteiger partial charge on any atom is 0.416 e. The number of hydrogen-bond acceptors (Lipinski definition) is 4. The summed E-state index contributed by atoms with van der Waals surface area (Å²) in [5.74, 6) is 0.411. The molecule has 3 rings (SSSR count). The van der Waals surface area contributed by atoms with Crippen LogP contribution in [-0.4, -0.2) is 42.1 Å². The Labute approximate surface area is 122 Å². The number of hydrogen-bond donors (Lipinski definition) is 2. The van der Waals surface area contributed by atoms with Gasteiger partial charge in [0.15, 0.2) is 11.9 Å². The zero-order valence-electron chi connectivity index (χ0n) is 11.4. The number of rotatable bonds is 2. The second-order valence-corrected chi connectivity index (χ2v) is 5.05. The van der Waals surface area contributed by atoms with E-state index in [1.165, 1.54) is 11.0 Å². The average Bonchev–Trinajstić information content (AvgIpc) is 2.45. The van der Waals surface area contributed by atoms with E-state index < -0.39 is 18.8 Å². The fourth-order valence-corrected chi connectivity index (χ4v) is 2.48. The Morgan fingerprint density at radius 2 is 2.09 bits per heavy atom. The number of nitrogens with one attached hydrogen (secondary N) is 1. The van der Waals surface area contributed by atoms with Crippen molar-refractivity contribution in [2.45, 2.75) is 12.3 Å². The number of nitrogens with zero attached hydrogens (tertiary/aromatic N) is 1. The summed E-state index contributed by atoms with van der Waals surface area (Å²) in [4.78, 5) is 15.4. The van der Waals surface area contributed by atoms with Crippen LogP contribution in [0.25, 0.3) is 10.9 Å². The topological polar surface area (TPSA) is 65.6 Å². The molecular formula is C14H13F3N2O3. The van der Waals surface area contributed by atoms with Crippen molar-refractivity contribution in [3.05, 3.63) is 34.6 Å². The molecule has 0 saturated heterocycles. The van der Waals surface area contributed by atoms with Gasteiger partial charge in [-0.15, -0.1) is 0 Å². The Hall–Kier alpha value is -2.22. The third-order valence-electron chi connectivity index (χ3n) is 3.55. The van der Waals surface area contributed by atoms with Crippen LogP contribution in [0, 0.1) is 0 Å². The first-order valence-corrected chi connectivity index (χ1v) is 6.65. The lowest BCUT2D eigenvalue weighted by atomic mass is 10.1. The zero-order chi connectivity index (χ0) is 15.9. The molecule has 0 amide bonds. The van der Waals surface area contributed by atoms with E-state index in [2.05, 4.69) is 4.98 Å². The smallest absolute Gasteiger partial charge is 0.416 e. The summed E-state index contributed by atoms with van der Waals surface area (Å²) in [6.07, 6.45) is -7.09. The molecule has 1 atom stereocenters. The first-order chi connectivity index (χ1) is 10.4. The van der Waals surface area contributed by atoms with Crippen molar-refractivity contribution in [2.24, 2.45) is 0 Å². The zero-order valence-corrected chi connectivity index (χ0v) is 11.4. The SMILES string of the molecule is O=c1ccc2c3c(ccc2[nH]1)N(CC(O)C(F)(F)F)CCO3. The Kier molecular flexibility index (Phi) is 3.48. The summed E-state index contributed by atoms with van der Waals surface area (Å²) in [5.41, 5.74) is 0.742. The second kappa shape index (κ2) is 5.20. The van der Waals surface area contributed by atoms with Gasteiger partial charge in [0.1, 0.15) is 6.61 Å². The van der Waals surface area contributed by atoms with Crippen LogP contribution >= 0.6 is 0 Å². The molecule has 1 aromatic heterocycles. The maximum atomic E-state index is 12.5. The van der Waals surface area contributed by atoms with E-state index in [1.807, 2.05) is 0 Å². The number of benzene rings is 1. The van der Waals surface area contributed by atoms with Crippen molar-refractivity contribution in [1.29, 1.82) is 0 Å². The largest absolute Gasteiger partial charge is 0.489 e. The molecule has 1 aliphatic heterocycles. The highest BCUT2D eigenvalue weighted by Gasteiger charge is 2.40. The molecule has 0 radical (unpaired) electrons. The molecule has 1 aliphatic rings. The van der Waals surface area contributed by atoms with Crippen LogP contribution < -0.4 is 15.2 Å². The minimum Gasteiger partial charge on any atom is -0.489 e. The molecular weight excluding hydrogens is 301 g/mol. The van der Waals surface area contributed by atoms with Gasteiger partial charge < -0.3 is 19.7 Å². The summed E-state index contributed by atoms with van der Waals surface area (Å²) in [6.45, 7) is -0.112. The molecule has 0 spiro atoms. The lowest BCUT2D eigenvalue weighted by Crippen LogP contribution is -2.44. The van der Waals surface area contributed by atoms with Gasteiger partial charge in [0.2, 0.25) is 5.56 Å². The second-order valence-electron chi connectivity index (χ2n) is 5.05. The van der Waals surface area contributed by atoms with Crippen LogP contribution in [0.3, 0.4) is 0 Å². The minimum atomic E-state index is -4.67. The number of pyridine rings is 1. The number of H-pyrrole nitrogens is 1. The predicted octanol–water partition coefficient (Wildman–Crippen LogP) is 1.65. The van der Waals surface area contributed by atoms with E-state index >= 15 is 0 Å². The van der Waals surface area contributed by atoms with Crippen molar-refractivity contribution in [3.8, 4) is 5.75 Å². The van der Waals surface area contributed by atoms with Crippen molar-refractivity contribution in [2.75, 3.05) is 24.6 Å². The highest BCUT2D eigenvalue weighted by atomic mass is 19.4. The molecule has 118 valence electrons. The van der Waals surface area contributed by atoms with Gasteiger partial charge in [-0.1, -0.05) is 0 Å². The van der Waals surface area contributed by atoms with Crippen LogP contribution in [0.15, 0.2) is 29.1 Å². The molecule has 2 heterocycles. The normalized spacial score (nSPS) is 16.3. The van der Waals surface area contributed by atoms with Crippen molar-refractivity contribution >= 4 is 16.6 Å². The molecule has 1 aromatic carbocycles. The van der Waals surface area contributed by atoms with E-state index in [1.54, 1.807) is 18.2 Å². The lowest BCUT2D eigenvalue weighted by Gasteiger charge is -2.33. The molecule has 2 N–H and O–H groups in total. The van der Waals surface area contributed by atoms with Gasteiger partial charge >= 0.3 is 6.18 Å². The quantitative estimate of drug-likeness (QED) is 0.885. The number of aliphatic hydroxyl groups excluding tert-OH is 1. The molecule has 0 fully saturated rings. The van der Waals surface area contributed by atoms with Crippen LogP contribution in [-0.2, 0) is 0 Å². The van der Waals surface area contributed by atoms with Gasteiger partial charge in [-0.3, -0.25) is 4.79 Å². The Morgan fingerprint density at radius 3 is 2.82 bits per heavy atom. The number of fused-ring (bicyclic) bond motifs is 3. The van der Waals surface area contributed by atoms with Gasteiger partial charge in [0, 0.05) is 11.5 Å². The van der Waals surface area contributed by atoms with Crippen molar-refractivity contribution in [1.82, 2.24) is 4.98 Å². The number of aromatic nitrogens is 1. The van der Waals surface area contributed by atoms with Gasteiger partial charge in [-0.05, 0) is 18.2 Å². The summed E-state index contributed by atoms with van der Waals surface area (Å²) in [7, 11) is 0. The van der Waals surface area contributed by atoms with E-state index in [9.17, 15) is 23.1 Å². The highest BCUT2D eigenvalue weighted by Crippen LogP contribution is 2.38. The van der Waals surface area contributed by atoms with E-state index in [0.29, 0.717) is 22.3 Å². The monoisotopic (exact) mass is 314 g/mol. The van der Waals surface area contributed by atoms with E-state index in [0.717, 1.165) is 0 Å². The summed E-state index contributed by atoms with van der Waals surface area (Å²) in [6, 6.07) is 6.08. The molecule has 0 saturated carbocycles.